The molecule has 1 aromatic carbocycles. The first-order chi connectivity index (χ1) is 6.68. The molecule has 1 aromatic rings. The lowest BCUT2D eigenvalue weighted by atomic mass is 10.0. The van der Waals surface area contributed by atoms with Gasteiger partial charge in [0, 0.05) is 18.4 Å². The van der Waals surface area contributed by atoms with Crippen molar-refractivity contribution in [3.63, 3.8) is 0 Å². The Morgan fingerprint density at radius 3 is 2.21 bits per heavy atom. The summed E-state index contributed by atoms with van der Waals surface area (Å²) in [4.78, 5) is 2.35. The van der Waals surface area contributed by atoms with Crippen molar-refractivity contribution < 1.29 is 0 Å². The molecule has 0 saturated heterocycles. The van der Waals surface area contributed by atoms with E-state index in [9.17, 15) is 0 Å². The first kappa shape index (κ1) is 9.32. The largest absolute Gasteiger partial charge is 0.348 e. The molecule has 1 aliphatic heterocycles. The van der Waals surface area contributed by atoms with Gasteiger partial charge in [-0.2, -0.15) is 0 Å². The maximum Gasteiger partial charge on any atom is 0.0465 e. The first-order valence-electron chi connectivity index (χ1n) is 5.19. The summed E-state index contributed by atoms with van der Waals surface area (Å²) >= 11 is 0. The fourth-order valence-electron chi connectivity index (χ4n) is 2.30. The summed E-state index contributed by atoms with van der Waals surface area (Å²) < 4.78 is 0. The summed E-state index contributed by atoms with van der Waals surface area (Å²) in [6, 6.07) is 4.52. The molecule has 0 amide bonds. The van der Waals surface area contributed by atoms with Crippen LogP contribution in [-0.4, -0.2) is 6.54 Å². The molecule has 0 N–H and O–H groups in total. The minimum absolute atomic E-state index is 1.13. The van der Waals surface area contributed by atoms with Gasteiger partial charge in [0.1, 0.15) is 0 Å². The maximum absolute atomic E-state index is 2.35. The third-order valence-electron chi connectivity index (χ3n) is 2.74. The number of aryl methyl sites for hydroxylation is 3. The fraction of sp³-hybridized carbons (Fsp3) is 0.385. The highest BCUT2D eigenvalue weighted by Gasteiger charge is 2.12. The van der Waals surface area contributed by atoms with Gasteiger partial charge in [0.15, 0.2) is 0 Å². The van der Waals surface area contributed by atoms with E-state index in [1.807, 2.05) is 0 Å². The molecule has 0 saturated carbocycles. The van der Waals surface area contributed by atoms with E-state index >= 15 is 0 Å². The molecular formula is C13H17N. The van der Waals surface area contributed by atoms with Gasteiger partial charge >= 0.3 is 0 Å². The monoisotopic (exact) mass is 187 g/mol. The molecule has 1 aliphatic rings. The predicted molar refractivity (Wildman–Crippen MR) is 61.8 cm³/mol. The minimum Gasteiger partial charge on any atom is -0.348 e. The van der Waals surface area contributed by atoms with Crippen LogP contribution in [0.25, 0.3) is 0 Å². The summed E-state index contributed by atoms with van der Waals surface area (Å²) in [6.45, 7) is 7.68. The van der Waals surface area contributed by atoms with Crippen LogP contribution in [-0.2, 0) is 0 Å². The topological polar surface area (TPSA) is 3.24 Å². The van der Waals surface area contributed by atoms with E-state index in [1.54, 1.807) is 0 Å². The number of nitrogens with zero attached hydrogens (tertiary/aromatic N) is 1. The van der Waals surface area contributed by atoms with Crippen LogP contribution in [0.3, 0.4) is 0 Å². The molecule has 0 unspecified atom stereocenters. The van der Waals surface area contributed by atoms with Crippen LogP contribution in [0.4, 0.5) is 5.69 Å². The van der Waals surface area contributed by atoms with E-state index < -0.39 is 0 Å². The normalized spacial score (nSPS) is 15.2. The molecule has 0 atom stereocenters. The van der Waals surface area contributed by atoms with E-state index in [2.05, 4.69) is 50.1 Å². The summed E-state index contributed by atoms with van der Waals surface area (Å²) in [5.74, 6) is 0. The third kappa shape index (κ3) is 1.54. The first-order valence-corrected chi connectivity index (χ1v) is 5.19. The molecule has 1 nitrogen and oxygen atoms in total. The molecule has 1 heteroatoms. The van der Waals surface area contributed by atoms with E-state index in [1.165, 1.54) is 28.8 Å². The molecular weight excluding hydrogens is 170 g/mol. The summed E-state index contributed by atoms with van der Waals surface area (Å²) in [6.07, 6.45) is 5.61. The lowest BCUT2D eigenvalue weighted by Crippen LogP contribution is -2.14. The second-order valence-electron chi connectivity index (χ2n) is 4.11. The lowest BCUT2D eigenvalue weighted by molar-refractivity contribution is 0.985. The molecule has 0 bridgehead atoms. The Morgan fingerprint density at radius 1 is 1.07 bits per heavy atom. The fourth-order valence-corrected chi connectivity index (χ4v) is 2.30. The Balaban J connectivity index is 2.46. The molecule has 0 aromatic heterocycles. The van der Waals surface area contributed by atoms with Crippen LogP contribution in [0.1, 0.15) is 23.1 Å². The van der Waals surface area contributed by atoms with Gasteiger partial charge in [-0.15, -0.1) is 0 Å². The van der Waals surface area contributed by atoms with E-state index in [0.29, 0.717) is 0 Å². The number of benzene rings is 1. The van der Waals surface area contributed by atoms with Crippen LogP contribution < -0.4 is 4.90 Å². The van der Waals surface area contributed by atoms with Crippen molar-refractivity contribution in [1.29, 1.82) is 0 Å². The Bertz CT molecular complexity index is 354. The van der Waals surface area contributed by atoms with Gasteiger partial charge in [0.05, 0.1) is 0 Å². The zero-order valence-electron chi connectivity index (χ0n) is 9.17. The summed E-state index contributed by atoms with van der Waals surface area (Å²) in [7, 11) is 0. The van der Waals surface area contributed by atoms with Gasteiger partial charge in [-0.3, -0.25) is 0 Å². The number of hydrogen-bond acceptors (Lipinski definition) is 1. The van der Waals surface area contributed by atoms with Gasteiger partial charge in [0.25, 0.3) is 0 Å². The van der Waals surface area contributed by atoms with Crippen molar-refractivity contribution >= 4 is 5.69 Å². The van der Waals surface area contributed by atoms with Gasteiger partial charge in [-0.25, -0.2) is 0 Å². The zero-order chi connectivity index (χ0) is 10.1. The Morgan fingerprint density at radius 2 is 1.71 bits per heavy atom. The number of hydrogen-bond donors (Lipinski definition) is 0. The summed E-state index contributed by atoms with van der Waals surface area (Å²) in [5, 5.41) is 0. The predicted octanol–water partition coefficient (Wildman–Crippen LogP) is 3.34. The maximum atomic E-state index is 2.35. The van der Waals surface area contributed by atoms with E-state index in [4.69, 9.17) is 0 Å². The number of anilines is 1. The molecule has 14 heavy (non-hydrogen) atoms. The van der Waals surface area contributed by atoms with Crippen LogP contribution in [0.15, 0.2) is 24.4 Å². The Labute approximate surface area is 86.1 Å². The Kier molecular flexibility index (Phi) is 2.32. The standard InChI is InChI=1S/C13H17N/c1-10-8-11(2)13(12(3)9-10)14-6-4-5-7-14/h4,6,8-9H,5,7H2,1-3H3. The van der Waals surface area contributed by atoms with Crippen LogP contribution in [0, 0.1) is 20.8 Å². The van der Waals surface area contributed by atoms with Crippen LogP contribution in [0.5, 0.6) is 0 Å². The minimum atomic E-state index is 1.13. The number of rotatable bonds is 1. The lowest BCUT2D eigenvalue weighted by Gasteiger charge is -2.21. The van der Waals surface area contributed by atoms with Crippen molar-refractivity contribution in [3.8, 4) is 0 Å². The van der Waals surface area contributed by atoms with Gasteiger partial charge < -0.3 is 4.90 Å². The van der Waals surface area contributed by atoms with Crippen molar-refractivity contribution in [2.75, 3.05) is 11.4 Å². The van der Waals surface area contributed by atoms with Gasteiger partial charge in [-0.05, 0) is 38.3 Å². The van der Waals surface area contributed by atoms with Crippen LogP contribution in [0.2, 0.25) is 0 Å². The molecule has 0 spiro atoms. The average Bonchev–Trinajstić information content (AvgIpc) is 2.54. The van der Waals surface area contributed by atoms with Crippen molar-refractivity contribution in [2.24, 2.45) is 0 Å². The second kappa shape index (κ2) is 3.49. The van der Waals surface area contributed by atoms with Gasteiger partial charge in [0.2, 0.25) is 0 Å². The van der Waals surface area contributed by atoms with Crippen molar-refractivity contribution in [2.45, 2.75) is 27.2 Å². The quantitative estimate of drug-likeness (QED) is 0.651. The van der Waals surface area contributed by atoms with E-state index in [0.717, 1.165) is 6.54 Å². The average molecular weight is 187 g/mol. The SMILES string of the molecule is Cc1cc(C)c(N2C=CCC2)c(C)c1. The molecule has 0 aliphatic carbocycles. The summed E-state index contributed by atoms with van der Waals surface area (Å²) in [5.41, 5.74) is 5.51. The molecule has 0 radical (unpaired) electrons. The second-order valence-corrected chi connectivity index (χ2v) is 4.11. The zero-order valence-corrected chi connectivity index (χ0v) is 9.17. The smallest absolute Gasteiger partial charge is 0.0465 e. The Hall–Kier alpha value is -1.24. The van der Waals surface area contributed by atoms with Crippen molar-refractivity contribution in [1.82, 2.24) is 0 Å². The highest BCUT2D eigenvalue weighted by Crippen LogP contribution is 2.28. The molecule has 74 valence electrons. The van der Waals surface area contributed by atoms with Crippen LogP contribution >= 0.6 is 0 Å². The highest BCUT2D eigenvalue weighted by atomic mass is 15.1. The van der Waals surface area contributed by atoms with Crippen molar-refractivity contribution in [3.05, 3.63) is 41.1 Å². The molecule has 0 fully saturated rings. The van der Waals surface area contributed by atoms with Gasteiger partial charge in [-0.1, -0.05) is 23.8 Å². The van der Waals surface area contributed by atoms with E-state index in [-0.39, 0.29) is 0 Å². The molecule has 2 rings (SSSR count). The third-order valence-corrected chi connectivity index (χ3v) is 2.74. The molecule has 1 heterocycles. The highest BCUT2D eigenvalue weighted by molar-refractivity contribution is 5.62.